The third-order valence-electron chi connectivity index (χ3n) is 3.17. The second-order valence-electron chi connectivity index (χ2n) is 4.56. The minimum absolute atomic E-state index is 0.318. The lowest BCUT2D eigenvalue weighted by Crippen LogP contribution is -2.06. The van der Waals surface area contributed by atoms with Crippen molar-refractivity contribution in [2.45, 2.75) is 32.9 Å². The van der Waals surface area contributed by atoms with Gasteiger partial charge in [0.05, 0.1) is 10.7 Å². The van der Waals surface area contributed by atoms with E-state index in [9.17, 15) is 0 Å². The summed E-state index contributed by atoms with van der Waals surface area (Å²) < 4.78 is 7.56. The predicted molar refractivity (Wildman–Crippen MR) is 77.7 cm³/mol. The van der Waals surface area contributed by atoms with Crippen LogP contribution in [0.3, 0.4) is 0 Å². The zero-order chi connectivity index (χ0) is 14.5. The first-order valence-corrected chi connectivity index (χ1v) is 6.89. The molecule has 1 atom stereocenters. The van der Waals surface area contributed by atoms with Crippen molar-refractivity contribution in [1.82, 2.24) is 9.78 Å². The van der Waals surface area contributed by atoms with Gasteiger partial charge in [-0.05, 0) is 31.5 Å². The third-order valence-corrected chi connectivity index (χ3v) is 3.48. The van der Waals surface area contributed by atoms with Crippen molar-refractivity contribution in [1.29, 1.82) is 5.26 Å². The van der Waals surface area contributed by atoms with Crippen molar-refractivity contribution in [2.75, 3.05) is 0 Å². The summed E-state index contributed by atoms with van der Waals surface area (Å²) in [5.41, 5.74) is 1.18. The van der Waals surface area contributed by atoms with E-state index in [1.165, 1.54) is 0 Å². The van der Waals surface area contributed by atoms with Gasteiger partial charge >= 0.3 is 0 Å². The van der Waals surface area contributed by atoms with Crippen molar-refractivity contribution in [3.05, 3.63) is 46.7 Å². The number of hydrogen-bond acceptors (Lipinski definition) is 3. The highest BCUT2D eigenvalue weighted by Crippen LogP contribution is 2.26. The molecule has 2 rings (SSSR count). The molecule has 0 saturated carbocycles. The van der Waals surface area contributed by atoms with E-state index >= 15 is 0 Å². The molecule has 20 heavy (non-hydrogen) atoms. The van der Waals surface area contributed by atoms with Gasteiger partial charge in [0.2, 0.25) is 0 Å². The fraction of sp³-hybridized carbons (Fsp3) is 0.333. The molecule has 0 saturated heterocycles. The quantitative estimate of drug-likeness (QED) is 0.837. The molecule has 0 radical (unpaired) electrons. The predicted octanol–water partition coefficient (Wildman–Crippen LogP) is 3.96. The second-order valence-corrected chi connectivity index (χ2v) is 4.97. The first-order chi connectivity index (χ1) is 9.65. The Morgan fingerprint density at radius 3 is 2.95 bits per heavy atom. The van der Waals surface area contributed by atoms with Crippen molar-refractivity contribution in [2.24, 2.45) is 0 Å². The minimum atomic E-state index is 0.318. The summed E-state index contributed by atoms with van der Waals surface area (Å²) >= 11 is 5.95. The lowest BCUT2D eigenvalue weighted by atomic mass is 10.2. The van der Waals surface area contributed by atoms with Crippen LogP contribution in [0.5, 0.6) is 5.75 Å². The Morgan fingerprint density at radius 2 is 2.25 bits per heavy atom. The molecule has 1 heterocycles. The largest absolute Gasteiger partial charge is 0.486 e. The molecule has 1 aromatic heterocycles. The molecule has 5 heteroatoms. The van der Waals surface area contributed by atoms with Gasteiger partial charge in [-0.3, -0.25) is 4.68 Å². The van der Waals surface area contributed by atoms with Crippen LogP contribution in [0.1, 0.15) is 37.6 Å². The normalized spacial score (nSPS) is 11.9. The molecule has 2 aromatic rings. The Hall–Kier alpha value is -1.99. The summed E-state index contributed by atoms with van der Waals surface area (Å²) in [5, 5.41) is 13.9. The Labute approximate surface area is 123 Å². The van der Waals surface area contributed by atoms with Crippen LogP contribution in [0.2, 0.25) is 5.02 Å². The Morgan fingerprint density at radius 1 is 1.45 bits per heavy atom. The van der Waals surface area contributed by atoms with Gasteiger partial charge in [0.15, 0.2) is 0 Å². The number of aromatic nitrogens is 2. The van der Waals surface area contributed by atoms with E-state index in [4.69, 9.17) is 21.6 Å². The van der Waals surface area contributed by atoms with Crippen molar-refractivity contribution in [3.63, 3.8) is 0 Å². The summed E-state index contributed by atoms with van der Waals surface area (Å²) in [4.78, 5) is 0. The number of nitriles is 1. The average Bonchev–Trinajstić information content (AvgIpc) is 2.93. The monoisotopic (exact) mass is 289 g/mol. The molecule has 0 N–H and O–H groups in total. The van der Waals surface area contributed by atoms with Gasteiger partial charge in [0, 0.05) is 12.2 Å². The molecule has 0 amide bonds. The maximum Gasteiger partial charge on any atom is 0.139 e. The number of halogens is 1. The summed E-state index contributed by atoms with van der Waals surface area (Å²) in [6.45, 7) is 4.55. The second kappa shape index (κ2) is 6.44. The summed E-state index contributed by atoms with van der Waals surface area (Å²) in [7, 11) is 0. The van der Waals surface area contributed by atoms with Crippen molar-refractivity contribution < 1.29 is 4.74 Å². The highest BCUT2D eigenvalue weighted by atomic mass is 35.5. The first-order valence-electron chi connectivity index (χ1n) is 6.51. The molecule has 0 aliphatic heterocycles. The number of rotatable bonds is 5. The molecule has 0 fully saturated rings. The first kappa shape index (κ1) is 14.4. The zero-order valence-electron chi connectivity index (χ0n) is 11.5. The standard InChI is InChI=1S/C15H16ClN3O/c1-3-11(2)19-8-7-12(18-19)10-20-15-6-4-5-14(16)13(15)9-17/h4-8,11H,3,10H2,1-2H3. The SMILES string of the molecule is CCC(C)n1ccc(COc2cccc(Cl)c2C#N)n1. The van der Waals surface area contributed by atoms with Crippen LogP contribution in [-0.2, 0) is 6.61 Å². The van der Waals surface area contributed by atoms with Crippen LogP contribution >= 0.6 is 11.6 Å². The molecular formula is C15H16ClN3O. The molecule has 1 unspecified atom stereocenters. The lowest BCUT2D eigenvalue weighted by Gasteiger charge is -2.09. The molecule has 4 nitrogen and oxygen atoms in total. The van der Waals surface area contributed by atoms with Gasteiger partial charge in [-0.25, -0.2) is 0 Å². The van der Waals surface area contributed by atoms with Crippen molar-refractivity contribution in [3.8, 4) is 11.8 Å². The Kier molecular flexibility index (Phi) is 4.65. The van der Waals surface area contributed by atoms with Gasteiger partial charge in [0.25, 0.3) is 0 Å². The van der Waals surface area contributed by atoms with Gasteiger partial charge < -0.3 is 4.74 Å². The third kappa shape index (κ3) is 3.12. The summed E-state index contributed by atoms with van der Waals surface area (Å²) in [6, 6.07) is 9.50. The maximum atomic E-state index is 9.07. The molecular weight excluding hydrogens is 274 g/mol. The minimum Gasteiger partial charge on any atom is -0.486 e. The number of ether oxygens (including phenoxy) is 1. The van der Waals surface area contributed by atoms with E-state index in [0.717, 1.165) is 12.1 Å². The average molecular weight is 290 g/mol. The van der Waals surface area contributed by atoms with Crippen LogP contribution < -0.4 is 4.74 Å². The number of hydrogen-bond donors (Lipinski definition) is 0. The fourth-order valence-electron chi connectivity index (χ4n) is 1.77. The van der Waals surface area contributed by atoms with E-state index in [0.29, 0.717) is 29.0 Å². The van der Waals surface area contributed by atoms with E-state index in [-0.39, 0.29) is 0 Å². The molecule has 104 valence electrons. The van der Waals surface area contributed by atoms with E-state index < -0.39 is 0 Å². The molecule has 0 aliphatic carbocycles. The Bertz CT molecular complexity index is 630. The fourth-order valence-corrected chi connectivity index (χ4v) is 1.98. The van der Waals surface area contributed by atoms with Gasteiger partial charge in [-0.2, -0.15) is 10.4 Å². The van der Waals surface area contributed by atoms with Crippen LogP contribution in [0, 0.1) is 11.3 Å². The van der Waals surface area contributed by atoms with Gasteiger partial charge in [-0.15, -0.1) is 0 Å². The number of benzene rings is 1. The van der Waals surface area contributed by atoms with E-state index in [1.54, 1.807) is 18.2 Å². The molecule has 0 aliphatic rings. The Balaban J connectivity index is 2.08. The smallest absolute Gasteiger partial charge is 0.139 e. The molecule has 0 spiro atoms. The maximum absolute atomic E-state index is 9.07. The van der Waals surface area contributed by atoms with Crippen LogP contribution in [0.4, 0.5) is 0 Å². The molecule has 0 bridgehead atoms. The summed E-state index contributed by atoms with van der Waals surface area (Å²) in [6.07, 6.45) is 2.96. The van der Waals surface area contributed by atoms with Gasteiger partial charge in [-0.1, -0.05) is 24.6 Å². The lowest BCUT2D eigenvalue weighted by molar-refractivity contribution is 0.297. The van der Waals surface area contributed by atoms with E-state index in [2.05, 4.69) is 25.0 Å². The number of nitrogens with zero attached hydrogens (tertiary/aromatic N) is 3. The highest BCUT2D eigenvalue weighted by molar-refractivity contribution is 6.31. The molecule has 1 aromatic carbocycles. The van der Waals surface area contributed by atoms with Gasteiger partial charge in [0.1, 0.15) is 24.0 Å². The summed E-state index contributed by atoms with van der Waals surface area (Å²) in [5.74, 6) is 0.484. The van der Waals surface area contributed by atoms with Crippen LogP contribution in [-0.4, -0.2) is 9.78 Å². The topological polar surface area (TPSA) is 50.8 Å². The highest BCUT2D eigenvalue weighted by Gasteiger charge is 2.09. The van der Waals surface area contributed by atoms with Crippen molar-refractivity contribution >= 4 is 11.6 Å². The zero-order valence-corrected chi connectivity index (χ0v) is 12.3. The van der Waals surface area contributed by atoms with E-state index in [1.807, 2.05) is 16.9 Å². The van der Waals surface area contributed by atoms with Crippen LogP contribution in [0.15, 0.2) is 30.5 Å². The van der Waals surface area contributed by atoms with Crippen LogP contribution in [0.25, 0.3) is 0 Å².